The first-order valence-electron chi connectivity index (χ1n) is 8.82. The number of hydrogen-bond acceptors (Lipinski definition) is 4. The quantitative estimate of drug-likeness (QED) is 0.790. The highest BCUT2D eigenvalue weighted by molar-refractivity contribution is 5.81. The van der Waals surface area contributed by atoms with Gasteiger partial charge in [-0.2, -0.15) is 0 Å². The van der Waals surface area contributed by atoms with Gasteiger partial charge in [0.2, 0.25) is 0 Å². The molecular formula is C17H30N2O2. The van der Waals surface area contributed by atoms with Gasteiger partial charge in [-0.25, -0.2) is 0 Å². The van der Waals surface area contributed by atoms with Gasteiger partial charge in [-0.05, 0) is 64.3 Å². The minimum Gasteiger partial charge on any atom is -0.465 e. The van der Waals surface area contributed by atoms with Crippen LogP contribution in [0.15, 0.2) is 0 Å². The maximum absolute atomic E-state index is 12.6. The first kappa shape index (κ1) is 15.3. The Hall–Kier alpha value is -0.610. The minimum absolute atomic E-state index is 0.00570. The summed E-state index contributed by atoms with van der Waals surface area (Å²) >= 11 is 0. The summed E-state index contributed by atoms with van der Waals surface area (Å²) in [7, 11) is 0. The van der Waals surface area contributed by atoms with Crippen molar-refractivity contribution in [1.82, 2.24) is 10.2 Å². The first-order valence-corrected chi connectivity index (χ1v) is 8.82. The third-order valence-corrected chi connectivity index (χ3v) is 5.42. The molecule has 0 spiro atoms. The molecule has 0 amide bonds. The van der Waals surface area contributed by atoms with Crippen LogP contribution in [0.4, 0.5) is 0 Å². The van der Waals surface area contributed by atoms with Crippen LogP contribution >= 0.6 is 0 Å². The fourth-order valence-electron chi connectivity index (χ4n) is 4.12. The lowest BCUT2D eigenvalue weighted by Gasteiger charge is -2.42. The Kier molecular flexibility index (Phi) is 4.55. The van der Waals surface area contributed by atoms with Crippen LogP contribution in [0.25, 0.3) is 0 Å². The lowest BCUT2D eigenvalue weighted by atomic mass is 9.78. The number of nitrogens with zero attached hydrogens (tertiary/aromatic N) is 1. The normalized spacial score (nSPS) is 37.6. The Morgan fingerprint density at radius 2 is 2.14 bits per heavy atom. The van der Waals surface area contributed by atoms with Gasteiger partial charge in [0.15, 0.2) is 0 Å². The lowest BCUT2D eigenvalue weighted by Crippen LogP contribution is -2.59. The molecule has 1 saturated heterocycles. The summed E-state index contributed by atoms with van der Waals surface area (Å²) in [6.45, 7) is 7.13. The van der Waals surface area contributed by atoms with Gasteiger partial charge in [0.05, 0.1) is 6.61 Å². The van der Waals surface area contributed by atoms with Crippen LogP contribution in [-0.4, -0.2) is 48.2 Å². The van der Waals surface area contributed by atoms with Crippen molar-refractivity contribution in [2.45, 2.75) is 76.4 Å². The zero-order valence-corrected chi connectivity index (χ0v) is 13.6. The minimum atomic E-state index is -0.411. The van der Waals surface area contributed by atoms with Crippen molar-refractivity contribution < 1.29 is 9.53 Å². The molecule has 3 fully saturated rings. The van der Waals surface area contributed by atoms with E-state index in [1.807, 2.05) is 6.92 Å². The third-order valence-electron chi connectivity index (χ3n) is 5.42. The first-order chi connectivity index (χ1) is 10.1. The fraction of sp³-hybridized carbons (Fsp3) is 0.941. The van der Waals surface area contributed by atoms with Crippen molar-refractivity contribution in [2.75, 3.05) is 19.7 Å². The molecule has 1 aliphatic heterocycles. The Balaban J connectivity index is 1.70. The summed E-state index contributed by atoms with van der Waals surface area (Å²) in [4.78, 5) is 15.2. The summed E-state index contributed by atoms with van der Waals surface area (Å²) < 4.78 is 5.43. The van der Waals surface area contributed by atoms with Gasteiger partial charge in [0.1, 0.15) is 5.54 Å². The van der Waals surface area contributed by atoms with E-state index in [9.17, 15) is 4.79 Å². The van der Waals surface area contributed by atoms with E-state index >= 15 is 0 Å². The van der Waals surface area contributed by atoms with Gasteiger partial charge in [-0.15, -0.1) is 0 Å². The average Bonchev–Trinajstić information content (AvgIpc) is 3.17. The number of rotatable bonds is 5. The SMILES string of the molecule is CCOC(=O)C1(NC2CC2)CCCC(N2CCC(C)C2)C1. The van der Waals surface area contributed by atoms with Crippen molar-refractivity contribution in [1.29, 1.82) is 0 Å². The Morgan fingerprint density at radius 3 is 2.76 bits per heavy atom. The highest BCUT2D eigenvalue weighted by Crippen LogP contribution is 2.37. The average molecular weight is 294 g/mol. The second-order valence-electron chi connectivity index (χ2n) is 7.36. The van der Waals surface area contributed by atoms with Crippen molar-refractivity contribution in [2.24, 2.45) is 5.92 Å². The molecule has 3 rings (SSSR count). The number of ether oxygens (including phenoxy) is 1. The molecular weight excluding hydrogens is 264 g/mol. The fourth-order valence-corrected chi connectivity index (χ4v) is 4.12. The van der Waals surface area contributed by atoms with Crippen molar-refractivity contribution in [3.8, 4) is 0 Å². The molecule has 1 N–H and O–H groups in total. The molecule has 0 aromatic carbocycles. The topological polar surface area (TPSA) is 41.6 Å². The predicted octanol–water partition coefficient (Wildman–Crippen LogP) is 2.32. The smallest absolute Gasteiger partial charge is 0.326 e. The van der Waals surface area contributed by atoms with Gasteiger partial charge in [-0.1, -0.05) is 6.92 Å². The zero-order valence-electron chi connectivity index (χ0n) is 13.6. The van der Waals surface area contributed by atoms with Crippen LogP contribution in [0.5, 0.6) is 0 Å². The highest BCUT2D eigenvalue weighted by Gasteiger charge is 2.48. The summed E-state index contributed by atoms with van der Waals surface area (Å²) in [6, 6.07) is 1.10. The van der Waals surface area contributed by atoms with E-state index in [0.717, 1.165) is 25.2 Å². The monoisotopic (exact) mass is 294 g/mol. The standard InChI is InChI=1S/C17H30N2O2/c1-3-21-16(20)17(18-14-6-7-14)9-4-5-15(11-17)19-10-8-13(2)12-19/h13-15,18H,3-12H2,1-2H3. The van der Waals surface area contributed by atoms with E-state index in [-0.39, 0.29) is 5.97 Å². The Labute approximate surface area is 128 Å². The zero-order chi connectivity index (χ0) is 14.9. The second-order valence-corrected chi connectivity index (χ2v) is 7.36. The molecule has 4 nitrogen and oxygen atoms in total. The van der Waals surface area contributed by atoms with E-state index in [0.29, 0.717) is 18.7 Å². The van der Waals surface area contributed by atoms with E-state index in [2.05, 4.69) is 17.1 Å². The van der Waals surface area contributed by atoms with Crippen molar-refractivity contribution in [3.63, 3.8) is 0 Å². The molecule has 0 bridgehead atoms. The van der Waals surface area contributed by atoms with Gasteiger partial charge in [-0.3, -0.25) is 10.1 Å². The molecule has 1 heterocycles. The van der Waals surface area contributed by atoms with Crippen LogP contribution < -0.4 is 5.32 Å². The van der Waals surface area contributed by atoms with E-state index in [1.54, 1.807) is 0 Å². The molecule has 21 heavy (non-hydrogen) atoms. The summed E-state index contributed by atoms with van der Waals surface area (Å²) in [5.41, 5.74) is -0.411. The summed E-state index contributed by atoms with van der Waals surface area (Å²) in [5, 5.41) is 3.65. The largest absolute Gasteiger partial charge is 0.465 e. The summed E-state index contributed by atoms with van der Waals surface area (Å²) in [6.07, 6.45) is 7.99. The molecule has 120 valence electrons. The second kappa shape index (κ2) is 6.25. The predicted molar refractivity (Wildman–Crippen MR) is 83.1 cm³/mol. The van der Waals surface area contributed by atoms with Crippen LogP contribution in [0.3, 0.4) is 0 Å². The molecule has 0 aromatic heterocycles. The number of likely N-dealkylation sites (tertiary alicyclic amines) is 1. The molecule has 0 aromatic rings. The summed E-state index contributed by atoms with van der Waals surface area (Å²) in [5.74, 6) is 0.800. The van der Waals surface area contributed by atoms with Crippen molar-refractivity contribution >= 4 is 5.97 Å². The molecule has 2 aliphatic carbocycles. The van der Waals surface area contributed by atoms with Crippen LogP contribution in [-0.2, 0) is 9.53 Å². The number of carbonyl (C=O) groups excluding carboxylic acids is 1. The lowest BCUT2D eigenvalue weighted by molar-refractivity contribution is -0.154. The van der Waals surface area contributed by atoms with Gasteiger partial charge < -0.3 is 9.64 Å². The third kappa shape index (κ3) is 3.42. The molecule has 4 heteroatoms. The maximum atomic E-state index is 12.6. The van der Waals surface area contributed by atoms with Crippen molar-refractivity contribution in [3.05, 3.63) is 0 Å². The number of nitrogens with one attached hydrogen (secondary N) is 1. The van der Waals surface area contributed by atoms with Gasteiger partial charge in [0, 0.05) is 18.6 Å². The number of hydrogen-bond donors (Lipinski definition) is 1. The maximum Gasteiger partial charge on any atom is 0.326 e. The van der Waals surface area contributed by atoms with Gasteiger partial charge >= 0.3 is 5.97 Å². The Morgan fingerprint density at radius 1 is 1.33 bits per heavy atom. The molecule has 3 unspecified atom stereocenters. The van der Waals surface area contributed by atoms with Gasteiger partial charge in [0.25, 0.3) is 0 Å². The van der Waals surface area contributed by atoms with Crippen LogP contribution in [0.1, 0.15) is 58.8 Å². The molecule has 2 saturated carbocycles. The molecule has 3 aliphatic rings. The molecule has 3 atom stereocenters. The van der Waals surface area contributed by atoms with E-state index < -0.39 is 5.54 Å². The molecule has 0 radical (unpaired) electrons. The highest BCUT2D eigenvalue weighted by atomic mass is 16.5. The van der Waals surface area contributed by atoms with Crippen LogP contribution in [0.2, 0.25) is 0 Å². The number of carbonyl (C=O) groups is 1. The number of esters is 1. The van der Waals surface area contributed by atoms with E-state index in [1.165, 1.54) is 38.8 Å². The van der Waals surface area contributed by atoms with Crippen LogP contribution in [0, 0.1) is 5.92 Å². The van der Waals surface area contributed by atoms with E-state index in [4.69, 9.17) is 4.74 Å². The Bertz CT molecular complexity index is 383.